The molecule has 1 atom stereocenters. The number of hydrogen-bond acceptors (Lipinski definition) is 5. The molecule has 0 saturated carbocycles. The first-order valence-electron chi connectivity index (χ1n) is 5.88. The number of aliphatic carboxylic acids is 1. The van der Waals surface area contributed by atoms with E-state index < -0.39 is 5.97 Å². The number of carboxylic acid groups (broad SMARTS) is 1. The van der Waals surface area contributed by atoms with Crippen LogP contribution in [0.1, 0.15) is 23.6 Å². The molecule has 7 heteroatoms. The largest absolute Gasteiger partial charge is 0.481 e. The van der Waals surface area contributed by atoms with Gasteiger partial charge in [-0.15, -0.1) is 0 Å². The van der Waals surface area contributed by atoms with Gasteiger partial charge in [0.1, 0.15) is 0 Å². The summed E-state index contributed by atoms with van der Waals surface area (Å²) in [5, 5.41) is 8.92. The molecule has 2 aromatic rings. The lowest BCUT2D eigenvalue weighted by Gasteiger charge is -2.11. The number of carbonyl (C=O) groups is 1. The molecule has 0 amide bonds. The lowest BCUT2D eigenvalue weighted by molar-refractivity contribution is -0.137. The smallest absolute Gasteiger partial charge is 0.317 e. The third-order valence-corrected chi connectivity index (χ3v) is 3.04. The van der Waals surface area contributed by atoms with E-state index in [1.54, 1.807) is 6.20 Å². The summed E-state index contributed by atoms with van der Waals surface area (Å²) in [6, 6.07) is 0.261. The quantitative estimate of drug-likeness (QED) is 0.735. The summed E-state index contributed by atoms with van der Waals surface area (Å²) in [5.41, 5.74) is 8.64. The van der Waals surface area contributed by atoms with Crippen LogP contribution in [0.25, 0.3) is 11.0 Å². The van der Waals surface area contributed by atoms with Crippen molar-refractivity contribution in [3.8, 4) is 6.01 Å². The second-order valence-corrected chi connectivity index (χ2v) is 4.29. The van der Waals surface area contributed by atoms with Crippen LogP contribution in [0.2, 0.25) is 0 Å². The van der Waals surface area contributed by atoms with Crippen molar-refractivity contribution in [2.45, 2.75) is 19.3 Å². The predicted molar refractivity (Wildman–Crippen MR) is 69.2 cm³/mol. The molecule has 0 saturated heterocycles. The predicted octanol–water partition coefficient (Wildman–Crippen LogP) is 0.792. The number of nitrogens with two attached hydrogens (primary N) is 1. The van der Waals surface area contributed by atoms with Gasteiger partial charge in [0.25, 0.3) is 0 Å². The van der Waals surface area contributed by atoms with Crippen LogP contribution in [0.5, 0.6) is 6.01 Å². The Morgan fingerprint density at radius 3 is 2.89 bits per heavy atom. The van der Waals surface area contributed by atoms with Crippen molar-refractivity contribution in [3.05, 3.63) is 17.5 Å². The molecule has 0 aliphatic rings. The number of nitrogens with zero attached hydrogens (tertiary/aromatic N) is 2. The van der Waals surface area contributed by atoms with Gasteiger partial charge in [-0.3, -0.25) is 4.79 Å². The number of carboxylic acids is 1. The van der Waals surface area contributed by atoms with Gasteiger partial charge in [-0.1, -0.05) is 0 Å². The molecule has 2 rings (SSSR count). The van der Waals surface area contributed by atoms with E-state index in [0.29, 0.717) is 5.52 Å². The average molecular weight is 264 g/mol. The zero-order valence-electron chi connectivity index (χ0n) is 10.8. The SMILES string of the molecule is COc1nc(C)c2[nH]cc(C(CN)CC(=O)O)c2n1. The van der Waals surface area contributed by atoms with Crippen molar-refractivity contribution >= 4 is 17.0 Å². The number of nitrogens with one attached hydrogen (secondary N) is 1. The third-order valence-electron chi connectivity index (χ3n) is 3.04. The zero-order valence-corrected chi connectivity index (χ0v) is 10.8. The molecule has 0 radical (unpaired) electrons. The fourth-order valence-corrected chi connectivity index (χ4v) is 2.08. The molecule has 0 aliphatic heterocycles. The minimum atomic E-state index is -0.887. The fraction of sp³-hybridized carbons (Fsp3) is 0.417. The van der Waals surface area contributed by atoms with Crippen molar-refractivity contribution in [1.29, 1.82) is 0 Å². The summed E-state index contributed by atoms with van der Waals surface area (Å²) in [6.07, 6.45) is 1.71. The van der Waals surface area contributed by atoms with Crippen LogP contribution in [0.3, 0.4) is 0 Å². The molecule has 4 N–H and O–H groups in total. The number of ether oxygens (including phenoxy) is 1. The van der Waals surface area contributed by atoms with E-state index in [1.165, 1.54) is 7.11 Å². The maximum atomic E-state index is 10.9. The van der Waals surface area contributed by atoms with Gasteiger partial charge >= 0.3 is 12.0 Å². The molecule has 0 aliphatic carbocycles. The Balaban J connectivity index is 2.54. The molecular formula is C12H16N4O3. The molecule has 0 spiro atoms. The normalized spacial score (nSPS) is 12.6. The van der Waals surface area contributed by atoms with Crippen LogP contribution in [0.4, 0.5) is 0 Å². The van der Waals surface area contributed by atoms with Crippen LogP contribution in [-0.2, 0) is 4.79 Å². The highest BCUT2D eigenvalue weighted by Crippen LogP contribution is 2.28. The van der Waals surface area contributed by atoms with E-state index in [2.05, 4.69) is 15.0 Å². The average Bonchev–Trinajstić information content (AvgIpc) is 2.79. The van der Waals surface area contributed by atoms with Crippen molar-refractivity contribution in [3.63, 3.8) is 0 Å². The second kappa shape index (κ2) is 5.23. The molecule has 0 aromatic carbocycles. The first-order valence-corrected chi connectivity index (χ1v) is 5.88. The van der Waals surface area contributed by atoms with E-state index in [4.69, 9.17) is 15.6 Å². The summed E-state index contributed by atoms with van der Waals surface area (Å²) < 4.78 is 5.04. The molecule has 7 nitrogen and oxygen atoms in total. The number of methoxy groups -OCH3 is 1. The van der Waals surface area contributed by atoms with E-state index in [-0.39, 0.29) is 24.9 Å². The van der Waals surface area contributed by atoms with E-state index >= 15 is 0 Å². The molecule has 0 bridgehead atoms. The van der Waals surface area contributed by atoms with Gasteiger partial charge in [0, 0.05) is 17.7 Å². The topological polar surface area (TPSA) is 114 Å². The van der Waals surface area contributed by atoms with Crippen molar-refractivity contribution in [2.24, 2.45) is 5.73 Å². The summed E-state index contributed by atoms with van der Waals surface area (Å²) in [5.74, 6) is -1.17. The Hall–Kier alpha value is -2.15. The lowest BCUT2D eigenvalue weighted by Crippen LogP contribution is -2.16. The maximum Gasteiger partial charge on any atom is 0.317 e. The number of rotatable bonds is 5. The van der Waals surface area contributed by atoms with Crippen molar-refractivity contribution in [1.82, 2.24) is 15.0 Å². The highest BCUT2D eigenvalue weighted by Gasteiger charge is 2.20. The molecule has 1 unspecified atom stereocenters. The molecule has 2 heterocycles. The third kappa shape index (κ3) is 2.50. The fourth-order valence-electron chi connectivity index (χ4n) is 2.08. The number of H-pyrrole nitrogens is 1. The van der Waals surface area contributed by atoms with Crippen LogP contribution in [-0.4, -0.2) is 39.7 Å². The van der Waals surface area contributed by atoms with E-state index in [9.17, 15) is 4.79 Å². The highest BCUT2D eigenvalue weighted by molar-refractivity contribution is 5.82. The minimum absolute atomic E-state index is 0.0329. The number of fused-ring (bicyclic) bond motifs is 1. The Bertz CT molecular complexity index is 608. The first kappa shape index (κ1) is 13.3. The Kier molecular flexibility index (Phi) is 3.66. The van der Waals surface area contributed by atoms with Crippen LogP contribution >= 0.6 is 0 Å². The van der Waals surface area contributed by atoms with Crippen LogP contribution < -0.4 is 10.5 Å². The Labute approximate surface area is 109 Å². The second-order valence-electron chi connectivity index (χ2n) is 4.29. The molecule has 0 fully saturated rings. The van der Waals surface area contributed by atoms with Gasteiger partial charge in [-0.2, -0.15) is 9.97 Å². The highest BCUT2D eigenvalue weighted by atomic mass is 16.5. The standard InChI is InChI=1S/C12H16N4O3/c1-6-10-11(16-12(15-6)19-2)8(5-14-10)7(4-13)3-9(17)18/h5,7,14H,3-4,13H2,1-2H3,(H,17,18). The van der Waals surface area contributed by atoms with Gasteiger partial charge in [0.2, 0.25) is 0 Å². The number of aromatic amines is 1. The summed E-state index contributed by atoms with van der Waals surface area (Å²) >= 11 is 0. The summed E-state index contributed by atoms with van der Waals surface area (Å²) in [6.45, 7) is 2.08. The van der Waals surface area contributed by atoms with Crippen molar-refractivity contribution in [2.75, 3.05) is 13.7 Å². The van der Waals surface area contributed by atoms with Gasteiger partial charge in [0.05, 0.1) is 30.3 Å². The first-order chi connectivity index (χ1) is 9.06. The van der Waals surface area contributed by atoms with Crippen LogP contribution in [0, 0.1) is 6.92 Å². The monoisotopic (exact) mass is 264 g/mol. The van der Waals surface area contributed by atoms with E-state index in [0.717, 1.165) is 16.8 Å². The Morgan fingerprint density at radius 2 is 2.32 bits per heavy atom. The summed E-state index contributed by atoms with van der Waals surface area (Å²) in [4.78, 5) is 22.4. The van der Waals surface area contributed by atoms with E-state index in [1.807, 2.05) is 6.92 Å². The van der Waals surface area contributed by atoms with Crippen LogP contribution in [0.15, 0.2) is 6.20 Å². The van der Waals surface area contributed by atoms with Gasteiger partial charge in [0.15, 0.2) is 0 Å². The molecular weight excluding hydrogens is 248 g/mol. The lowest BCUT2D eigenvalue weighted by atomic mass is 9.97. The number of aromatic nitrogens is 3. The Morgan fingerprint density at radius 1 is 1.58 bits per heavy atom. The van der Waals surface area contributed by atoms with Gasteiger partial charge in [-0.05, 0) is 13.5 Å². The van der Waals surface area contributed by atoms with Crippen molar-refractivity contribution < 1.29 is 14.6 Å². The minimum Gasteiger partial charge on any atom is -0.481 e. The molecule has 2 aromatic heterocycles. The zero-order chi connectivity index (χ0) is 14.0. The molecule has 102 valence electrons. The molecule has 19 heavy (non-hydrogen) atoms. The van der Waals surface area contributed by atoms with Gasteiger partial charge in [-0.25, -0.2) is 0 Å². The number of hydrogen-bond donors (Lipinski definition) is 3. The van der Waals surface area contributed by atoms with Gasteiger partial charge < -0.3 is 20.6 Å². The maximum absolute atomic E-state index is 10.9. The summed E-state index contributed by atoms with van der Waals surface area (Å²) in [7, 11) is 1.49. The number of aryl methyl sites for hydroxylation is 1.